The Labute approximate surface area is 57.4 Å². The van der Waals surface area contributed by atoms with Gasteiger partial charge < -0.3 is 0 Å². The van der Waals surface area contributed by atoms with Crippen molar-refractivity contribution in [2.45, 2.75) is 24.9 Å². The predicted octanol–water partition coefficient (Wildman–Crippen LogP) is 1.25. The first kappa shape index (κ1) is 7.25. The van der Waals surface area contributed by atoms with E-state index in [9.17, 15) is 0 Å². The molecule has 0 aromatic rings. The van der Waals surface area contributed by atoms with Crippen molar-refractivity contribution in [3.63, 3.8) is 0 Å². The van der Waals surface area contributed by atoms with Crippen molar-refractivity contribution >= 4 is 8.56 Å². The summed E-state index contributed by atoms with van der Waals surface area (Å²) in [7, 11) is 1.73. The Bertz CT molecular complexity index is 83.1. The van der Waals surface area contributed by atoms with E-state index in [1.807, 2.05) is 0 Å². The Kier molecular flexibility index (Phi) is 2.27. The molecular formula is C6H15O2Si-. The van der Waals surface area contributed by atoms with Gasteiger partial charge in [-0.25, -0.2) is 0 Å². The first-order valence-corrected chi connectivity index (χ1v) is 6.18. The van der Waals surface area contributed by atoms with Gasteiger partial charge in [0, 0.05) is 0 Å². The molecule has 56 valence electrons. The number of hydrogen-bond acceptors (Lipinski definition) is 2. The Morgan fingerprint density at radius 3 is 1.67 bits per heavy atom. The van der Waals surface area contributed by atoms with Crippen LogP contribution in [0.25, 0.3) is 0 Å². The van der Waals surface area contributed by atoms with Gasteiger partial charge in [0.15, 0.2) is 0 Å². The summed E-state index contributed by atoms with van der Waals surface area (Å²) in [4.78, 5) is 0. The van der Waals surface area contributed by atoms with Crippen molar-refractivity contribution in [2.75, 3.05) is 14.2 Å². The van der Waals surface area contributed by atoms with Crippen LogP contribution in [0.15, 0.2) is 0 Å². The molecule has 9 heavy (non-hydrogen) atoms. The molecule has 0 amide bonds. The van der Waals surface area contributed by atoms with E-state index in [4.69, 9.17) is 8.85 Å². The number of hydrogen-bond donors (Lipinski definition) is 0. The van der Waals surface area contributed by atoms with E-state index in [2.05, 4.69) is 0 Å². The minimum atomic E-state index is -1.85. The van der Waals surface area contributed by atoms with Crippen molar-refractivity contribution in [1.29, 1.82) is 0 Å². The normalized spacial score (nSPS) is 28.2. The topological polar surface area (TPSA) is 18.5 Å². The van der Waals surface area contributed by atoms with Crippen LogP contribution in [-0.4, -0.2) is 22.8 Å². The molecule has 0 bridgehead atoms. The molecule has 0 saturated carbocycles. The molecule has 0 aromatic heterocycles. The van der Waals surface area contributed by atoms with E-state index in [1.54, 1.807) is 14.2 Å². The summed E-state index contributed by atoms with van der Waals surface area (Å²) in [5.74, 6) is 0. The van der Waals surface area contributed by atoms with E-state index in [0.29, 0.717) is 0 Å². The van der Waals surface area contributed by atoms with Crippen LogP contribution >= 0.6 is 0 Å². The SMILES string of the molecule is CO[SiH-]1(OC)CCCC1. The third-order valence-corrected chi connectivity index (χ3v) is 6.69. The molecule has 1 fully saturated rings. The fourth-order valence-corrected chi connectivity index (χ4v) is 4.87. The molecule has 0 radical (unpaired) electrons. The monoisotopic (exact) mass is 147 g/mol. The molecule has 0 unspecified atom stereocenters. The van der Waals surface area contributed by atoms with Crippen molar-refractivity contribution in [3.05, 3.63) is 0 Å². The van der Waals surface area contributed by atoms with Crippen molar-refractivity contribution in [2.24, 2.45) is 0 Å². The van der Waals surface area contributed by atoms with Crippen LogP contribution in [0.4, 0.5) is 0 Å². The van der Waals surface area contributed by atoms with Crippen LogP contribution in [0, 0.1) is 0 Å². The van der Waals surface area contributed by atoms with E-state index < -0.39 is 8.56 Å². The van der Waals surface area contributed by atoms with Crippen LogP contribution < -0.4 is 0 Å². The second-order valence-electron chi connectivity index (χ2n) is 2.81. The molecule has 3 heteroatoms. The summed E-state index contributed by atoms with van der Waals surface area (Å²) in [6.45, 7) is 0. The Hall–Kier alpha value is 0.137. The molecule has 1 aliphatic heterocycles. The number of rotatable bonds is 2. The van der Waals surface area contributed by atoms with Crippen LogP contribution in [0.5, 0.6) is 0 Å². The maximum atomic E-state index is 5.39. The minimum absolute atomic E-state index is 1.22. The molecule has 1 rings (SSSR count). The van der Waals surface area contributed by atoms with Crippen LogP contribution in [0.1, 0.15) is 12.8 Å². The van der Waals surface area contributed by atoms with Gasteiger partial charge in [0.05, 0.1) is 0 Å². The zero-order valence-corrected chi connectivity index (χ0v) is 7.38. The summed E-state index contributed by atoms with van der Waals surface area (Å²) in [5.41, 5.74) is 0. The van der Waals surface area contributed by atoms with Gasteiger partial charge in [-0.1, -0.05) is 0 Å². The molecule has 1 aliphatic rings. The third kappa shape index (κ3) is 1.34. The molecule has 0 atom stereocenters. The van der Waals surface area contributed by atoms with Gasteiger partial charge in [-0.2, -0.15) is 0 Å². The Morgan fingerprint density at radius 2 is 1.44 bits per heavy atom. The van der Waals surface area contributed by atoms with Crippen LogP contribution in [0.2, 0.25) is 12.1 Å². The van der Waals surface area contributed by atoms with E-state index >= 15 is 0 Å². The summed E-state index contributed by atoms with van der Waals surface area (Å²) in [6, 6.07) is 2.44. The molecule has 2 nitrogen and oxygen atoms in total. The molecular weight excluding hydrogens is 132 g/mol. The second-order valence-corrected chi connectivity index (χ2v) is 7.01. The van der Waals surface area contributed by atoms with Gasteiger partial charge in [-0.15, -0.1) is 0 Å². The molecule has 1 heterocycles. The summed E-state index contributed by atoms with van der Waals surface area (Å²) >= 11 is 0. The van der Waals surface area contributed by atoms with Crippen molar-refractivity contribution in [3.8, 4) is 0 Å². The van der Waals surface area contributed by atoms with Gasteiger partial charge in [0.1, 0.15) is 0 Å². The van der Waals surface area contributed by atoms with Crippen molar-refractivity contribution in [1.82, 2.24) is 0 Å². The molecule has 0 aromatic carbocycles. The Morgan fingerprint density at radius 1 is 1.00 bits per heavy atom. The molecule has 0 aliphatic carbocycles. The van der Waals surface area contributed by atoms with Gasteiger partial charge in [-0.05, 0) is 0 Å². The van der Waals surface area contributed by atoms with Gasteiger partial charge in [0.2, 0.25) is 0 Å². The average molecular weight is 147 g/mol. The quantitative estimate of drug-likeness (QED) is 0.547. The van der Waals surface area contributed by atoms with Crippen LogP contribution in [-0.2, 0) is 8.85 Å². The molecule has 0 N–H and O–H groups in total. The van der Waals surface area contributed by atoms with E-state index in [0.717, 1.165) is 0 Å². The summed E-state index contributed by atoms with van der Waals surface area (Å²) in [5, 5.41) is 0. The molecule has 0 spiro atoms. The van der Waals surface area contributed by atoms with Gasteiger partial charge >= 0.3 is 56.6 Å². The van der Waals surface area contributed by atoms with Gasteiger partial charge in [0.25, 0.3) is 0 Å². The fraction of sp³-hybridized carbons (Fsp3) is 1.00. The summed E-state index contributed by atoms with van der Waals surface area (Å²) in [6.07, 6.45) is 2.62. The van der Waals surface area contributed by atoms with E-state index in [1.165, 1.54) is 24.9 Å². The third-order valence-electron chi connectivity index (χ3n) is 2.40. The zero-order valence-electron chi connectivity index (χ0n) is 6.22. The first-order valence-electron chi connectivity index (χ1n) is 3.60. The van der Waals surface area contributed by atoms with Gasteiger partial charge in [-0.3, -0.25) is 0 Å². The average Bonchev–Trinajstić information content (AvgIpc) is 2.36. The van der Waals surface area contributed by atoms with E-state index in [-0.39, 0.29) is 0 Å². The van der Waals surface area contributed by atoms with Crippen LogP contribution in [0.3, 0.4) is 0 Å². The van der Waals surface area contributed by atoms with Crippen molar-refractivity contribution < 1.29 is 8.85 Å². The maximum absolute atomic E-state index is 5.39. The predicted molar refractivity (Wildman–Crippen MR) is 40.0 cm³/mol. The first-order chi connectivity index (χ1) is 4.33. The second kappa shape index (κ2) is 2.81. The fourth-order valence-electron chi connectivity index (χ4n) is 1.62. The zero-order chi connectivity index (χ0) is 6.74. The standard InChI is InChI=1S/C6H15O2Si/c1-7-9(8-2)5-3-4-6-9/h9H,3-6H2,1-2H3/q-1. The summed E-state index contributed by atoms with van der Waals surface area (Å²) < 4.78 is 10.8. The Balaban J connectivity index is 2.45. The molecule has 1 saturated heterocycles.